The first-order valence-corrected chi connectivity index (χ1v) is 18.4. The smallest absolute Gasteiger partial charge is 0.408 e. The number of alkyl carbamates (subject to hydrolysis) is 1. The first-order chi connectivity index (χ1) is 23.1. The van der Waals surface area contributed by atoms with E-state index in [2.05, 4.69) is 29.8 Å². The maximum Gasteiger partial charge on any atom is 0.408 e. The number of ketones is 1. The molecule has 2 saturated heterocycles. The van der Waals surface area contributed by atoms with Gasteiger partial charge in [-0.15, -0.1) is 0 Å². The van der Waals surface area contributed by atoms with Crippen LogP contribution in [0.15, 0.2) is 0 Å². The molecule has 5 aliphatic rings. The number of amides is 5. The molecule has 5 rings (SSSR count). The van der Waals surface area contributed by atoms with E-state index >= 15 is 0 Å². The Morgan fingerprint density at radius 3 is 1.98 bits per heavy atom. The van der Waals surface area contributed by atoms with Gasteiger partial charge < -0.3 is 36.1 Å². The van der Waals surface area contributed by atoms with Crippen LogP contribution in [-0.4, -0.2) is 89.4 Å². The molecular formula is C37H59N5O8. The van der Waals surface area contributed by atoms with Crippen LogP contribution >= 0.6 is 0 Å². The lowest BCUT2D eigenvalue weighted by atomic mass is 9.73. The Hall–Kier alpha value is -3.22. The standard InChI is InChI=1S/C37H59N5O8/c1-32(2,3)26(40-30(47)35(15-17-49-18-16-35)41-31(48)50-33(4,5)6)29(46)42-21-37(34(7,8)36(37)13-10-14-36)20-24(42)28(45)39-23(25(43)27(38)44)19-22-11-9-12-22/h22-24,26H,9-21H2,1-8H3,(H2,38,44)(H,39,45)(H,40,47)(H,41,48)/t23?,24-,26-,37?/m0/s1. The molecule has 5 amide bonds. The van der Waals surface area contributed by atoms with E-state index in [0.29, 0.717) is 19.4 Å². The van der Waals surface area contributed by atoms with Gasteiger partial charge in [-0.3, -0.25) is 24.0 Å². The monoisotopic (exact) mass is 701 g/mol. The average Bonchev–Trinajstić information content (AvgIpc) is 3.18. The highest BCUT2D eigenvalue weighted by Crippen LogP contribution is 2.88. The summed E-state index contributed by atoms with van der Waals surface area (Å²) in [4.78, 5) is 82.9. The molecule has 13 nitrogen and oxygen atoms in total. The maximum absolute atomic E-state index is 14.9. The van der Waals surface area contributed by atoms with Crippen molar-refractivity contribution in [3.8, 4) is 0 Å². The van der Waals surface area contributed by atoms with Gasteiger partial charge in [-0.2, -0.15) is 0 Å². The van der Waals surface area contributed by atoms with Gasteiger partial charge in [-0.05, 0) is 68.6 Å². The SMILES string of the molecule is CC(C)(C)OC(=O)NC1(C(=O)N[C@@H](C(=O)N2CC3(C[C@H]2C(=O)NC(CC2CCC2)C(=O)C(N)=O)C(C)(C)C32CCC2)C(C)(C)C)CCOCC1. The molecule has 3 saturated carbocycles. The Kier molecular flexibility index (Phi) is 9.95. The molecule has 50 heavy (non-hydrogen) atoms. The molecular weight excluding hydrogens is 642 g/mol. The molecule has 2 spiro atoms. The van der Waals surface area contributed by atoms with Crippen LogP contribution in [0.3, 0.4) is 0 Å². The summed E-state index contributed by atoms with van der Waals surface area (Å²) in [5.41, 5.74) is 2.04. The number of nitrogens with zero attached hydrogens (tertiary/aromatic N) is 1. The molecule has 4 atom stereocenters. The van der Waals surface area contributed by atoms with Crippen molar-refractivity contribution in [3.63, 3.8) is 0 Å². The molecule has 0 aromatic heterocycles. The number of primary amides is 1. The summed E-state index contributed by atoms with van der Waals surface area (Å²) < 4.78 is 11.0. The molecule has 3 aliphatic carbocycles. The highest BCUT2D eigenvalue weighted by molar-refractivity contribution is 6.37. The fourth-order valence-corrected chi connectivity index (χ4v) is 9.51. The first kappa shape index (κ1) is 38.0. The van der Waals surface area contributed by atoms with Crippen molar-refractivity contribution in [2.45, 2.75) is 149 Å². The van der Waals surface area contributed by atoms with Gasteiger partial charge in [0.2, 0.25) is 23.5 Å². The number of carbonyl (C=O) groups is 6. The summed E-state index contributed by atoms with van der Waals surface area (Å²) >= 11 is 0. The average molecular weight is 702 g/mol. The Morgan fingerprint density at radius 1 is 0.900 bits per heavy atom. The molecule has 0 bridgehead atoms. The van der Waals surface area contributed by atoms with Crippen LogP contribution in [0.5, 0.6) is 0 Å². The summed E-state index contributed by atoms with van der Waals surface area (Å²) in [5, 5.41) is 8.65. The van der Waals surface area contributed by atoms with Crippen molar-refractivity contribution >= 4 is 35.5 Å². The van der Waals surface area contributed by atoms with Crippen LogP contribution in [0.25, 0.3) is 0 Å². The number of Topliss-reactive ketones (excluding diaryl/α,β-unsaturated/α-hetero) is 1. The lowest BCUT2D eigenvalue weighted by Gasteiger charge is -2.41. The quantitative estimate of drug-likeness (QED) is 0.250. The summed E-state index contributed by atoms with van der Waals surface area (Å²) in [6.45, 7) is 16.0. The highest BCUT2D eigenvalue weighted by atomic mass is 16.6. The van der Waals surface area contributed by atoms with E-state index in [1.165, 1.54) is 0 Å². The first-order valence-electron chi connectivity index (χ1n) is 18.4. The Morgan fingerprint density at radius 2 is 1.52 bits per heavy atom. The number of ether oxygens (including phenoxy) is 2. The minimum absolute atomic E-state index is 0.00586. The topological polar surface area (TPSA) is 186 Å². The number of hydrogen-bond donors (Lipinski definition) is 4. The predicted octanol–water partition coefficient (Wildman–Crippen LogP) is 3.12. The van der Waals surface area contributed by atoms with E-state index in [9.17, 15) is 28.8 Å². The summed E-state index contributed by atoms with van der Waals surface area (Å²) in [6.07, 6.45) is 6.35. The maximum atomic E-state index is 14.9. The zero-order valence-corrected chi connectivity index (χ0v) is 31.3. The van der Waals surface area contributed by atoms with Crippen LogP contribution < -0.4 is 21.7 Å². The Bertz CT molecular complexity index is 1400. The van der Waals surface area contributed by atoms with E-state index in [1.54, 1.807) is 25.7 Å². The van der Waals surface area contributed by atoms with Gasteiger partial charge in [0.15, 0.2) is 0 Å². The van der Waals surface area contributed by atoms with Crippen LogP contribution in [0.2, 0.25) is 0 Å². The third kappa shape index (κ3) is 6.63. The Balaban J connectivity index is 1.44. The number of likely N-dealkylation sites (tertiary alicyclic amines) is 1. The minimum atomic E-state index is -1.37. The molecule has 2 unspecified atom stereocenters. The predicted molar refractivity (Wildman–Crippen MR) is 184 cm³/mol. The molecule has 5 fully saturated rings. The Labute approximate surface area is 296 Å². The van der Waals surface area contributed by atoms with Crippen molar-refractivity contribution in [2.24, 2.45) is 33.3 Å². The van der Waals surface area contributed by atoms with Gasteiger partial charge in [-0.25, -0.2) is 4.79 Å². The van der Waals surface area contributed by atoms with Crippen molar-refractivity contribution in [1.82, 2.24) is 20.9 Å². The van der Waals surface area contributed by atoms with Gasteiger partial charge in [-0.1, -0.05) is 60.3 Å². The molecule has 0 aromatic rings. The molecule has 5 N–H and O–H groups in total. The van der Waals surface area contributed by atoms with Crippen LogP contribution in [0.1, 0.15) is 120 Å². The normalized spacial score (nSPS) is 27.7. The fourth-order valence-electron chi connectivity index (χ4n) is 9.51. The number of hydrogen-bond acceptors (Lipinski definition) is 8. The van der Waals surface area contributed by atoms with Crippen LogP contribution in [0.4, 0.5) is 4.79 Å². The zero-order chi connectivity index (χ0) is 37.1. The second kappa shape index (κ2) is 13.1. The minimum Gasteiger partial charge on any atom is -0.444 e. The molecule has 2 heterocycles. The van der Waals surface area contributed by atoms with Crippen molar-refractivity contribution in [3.05, 3.63) is 0 Å². The zero-order valence-electron chi connectivity index (χ0n) is 31.3. The van der Waals surface area contributed by atoms with E-state index < -0.39 is 70.2 Å². The second-order valence-corrected chi connectivity index (χ2v) is 18.2. The summed E-state index contributed by atoms with van der Waals surface area (Å²) in [7, 11) is 0. The van der Waals surface area contributed by atoms with Gasteiger partial charge in [0.1, 0.15) is 23.2 Å². The van der Waals surface area contributed by atoms with Crippen molar-refractivity contribution < 1.29 is 38.2 Å². The lowest BCUT2D eigenvalue weighted by Crippen LogP contribution is -2.66. The molecule has 280 valence electrons. The highest BCUT2D eigenvalue weighted by Gasteiger charge is 2.85. The van der Waals surface area contributed by atoms with E-state index in [4.69, 9.17) is 15.2 Å². The largest absolute Gasteiger partial charge is 0.444 e. The number of rotatable bonds is 10. The molecule has 2 aliphatic heterocycles. The van der Waals surface area contributed by atoms with Crippen LogP contribution in [-0.2, 0) is 33.4 Å². The third-order valence-corrected chi connectivity index (χ3v) is 13.0. The third-order valence-electron chi connectivity index (χ3n) is 13.0. The van der Waals surface area contributed by atoms with Crippen molar-refractivity contribution in [1.29, 1.82) is 0 Å². The number of nitrogens with two attached hydrogens (primary N) is 1. The number of carbonyl (C=O) groups excluding carboxylic acids is 6. The van der Waals surface area contributed by atoms with Crippen LogP contribution in [0, 0.1) is 27.6 Å². The fraction of sp³-hybridized carbons (Fsp3) is 0.838. The number of nitrogens with one attached hydrogen (secondary N) is 3. The van der Waals surface area contributed by atoms with E-state index in [1.807, 2.05) is 20.8 Å². The molecule has 13 heteroatoms. The summed E-state index contributed by atoms with van der Waals surface area (Å²) in [5.74, 6) is -3.14. The van der Waals surface area contributed by atoms with E-state index in [0.717, 1.165) is 38.5 Å². The lowest BCUT2D eigenvalue weighted by molar-refractivity contribution is -0.146. The van der Waals surface area contributed by atoms with E-state index in [-0.39, 0.29) is 48.2 Å². The second-order valence-electron chi connectivity index (χ2n) is 18.2. The number of fused-ring (bicyclic) bond motifs is 1. The van der Waals surface area contributed by atoms with Gasteiger partial charge >= 0.3 is 6.09 Å². The van der Waals surface area contributed by atoms with Gasteiger partial charge in [0, 0.05) is 38.0 Å². The summed E-state index contributed by atoms with van der Waals surface area (Å²) in [6, 6.07) is -3.03. The van der Waals surface area contributed by atoms with Gasteiger partial charge in [0.05, 0.1) is 6.04 Å². The van der Waals surface area contributed by atoms with Crippen molar-refractivity contribution in [2.75, 3.05) is 19.8 Å². The molecule has 0 aromatic carbocycles. The van der Waals surface area contributed by atoms with Gasteiger partial charge in [0.25, 0.3) is 5.91 Å². The molecule has 0 radical (unpaired) electrons.